The zero-order valence-corrected chi connectivity index (χ0v) is 19.1. The number of rotatable bonds is 5. The van der Waals surface area contributed by atoms with E-state index in [4.69, 9.17) is 21.1 Å². The largest absolute Gasteiger partial charge is 0.490 e. The fraction of sp³-hybridized carbons (Fsp3) is 0.250. The number of aromatic nitrogens is 1. The van der Waals surface area contributed by atoms with Gasteiger partial charge in [0.1, 0.15) is 12.4 Å². The lowest BCUT2D eigenvalue weighted by Gasteiger charge is -2.31. The number of carbonyl (C=O) groups excluding carboxylic acids is 1. The number of benzene rings is 2. The molecule has 0 fully saturated rings. The highest BCUT2D eigenvalue weighted by Crippen LogP contribution is 2.41. The molecular formula is C24H21ClF3N3O3. The van der Waals surface area contributed by atoms with Crippen molar-refractivity contribution >= 4 is 34.7 Å². The summed E-state index contributed by atoms with van der Waals surface area (Å²) in [5.74, 6) is -0.106. The van der Waals surface area contributed by atoms with Gasteiger partial charge in [-0.2, -0.15) is 13.2 Å². The summed E-state index contributed by atoms with van der Waals surface area (Å²) in [5.41, 5.74) is -0.241. The second kappa shape index (κ2) is 9.42. The van der Waals surface area contributed by atoms with E-state index in [1.54, 1.807) is 50.4 Å². The van der Waals surface area contributed by atoms with Gasteiger partial charge in [0.25, 0.3) is 5.91 Å². The van der Waals surface area contributed by atoms with Crippen LogP contribution >= 0.6 is 11.6 Å². The Hall–Kier alpha value is -3.46. The molecule has 0 spiro atoms. The first kappa shape index (κ1) is 23.7. The second-order valence-electron chi connectivity index (χ2n) is 7.79. The van der Waals surface area contributed by atoms with Crippen molar-refractivity contribution in [3.63, 3.8) is 0 Å². The topological polar surface area (TPSA) is 63.7 Å². The summed E-state index contributed by atoms with van der Waals surface area (Å²) >= 11 is 6.30. The third-order valence-electron chi connectivity index (χ3n) is 4.99. The van der Waals surface area contributed by atoms with E-state index in [2.05, 4.69) is 10.3 Å². The molecule has 0 bridgehead atoms. The van der Waals surface area contributed by atoms with E-state index in [1.165, 1.54) is 12.1 Å². The monoisotopic (exact) mass is 491 g/mol. The lowest BCUT2D eigenvalue weighted by atomic mass is 10.1. The van der Waals surface area contributed by atoms with E-state index in [0.29, 0.717) is 28.8 Å². The van der Waals surface area contributed by atoms with Gasteiger partial charge in [-0.1, -0.05) is 17.7 Å². The number of anilines is 3. The molecule has 1 aliphatic heterocycles. The van der Waals surface area contributed by atoms with E-state index in [1.807, 2.05) is 4.90 Å². The smallest absolute Gasteiger partial charge is 0.420 e. The Morgan fingerprint density at radius 2 is 2.00 bits per heavy atom. The van der Waals surface area contributed by atoms with Crippen molar-refractivity contribution in [2.24, 2.45) is 0 Å². The van der Waals surface area contributed by atoms with Gasteiger partial charge >= 0.3 is 6.18 Å². The molecule has 1 aliphatic rings. The van der Waals surface area contributed by atoms with Crippen molar-refractivity contribution in [3.8, 4) is 11.5 Å². The number of hydrogen-bond donors (Lipinski definition) is 1. The summed E-state index contributed by atoms with van der Waals surface area (Å²) in [4.78, 5) is 19.2. The van der Waals surface area contributed by atoms with Crippen LogP contribution in [0.25, 0.3) is 0 Å². The van der Waals surface area contributed by atoms with Crippen LogP contribution < -0.4 is 19.7 Å². The number of pyridine rings is 1. The first-order valence-corrected chi connectivity index (χ1v) is 10.9. The number of amides is 1. The number of carbonyl (C=O) groups is 1. The third kappa shape index (κ3) is 4.89. The molecule has 0 saturated carbocycles. The van der Waals surface area contributed by atoms with Crippen LogP contribution in [0.1, 0.15) is 29.8 Å². The highest BCUT2D eigenvalue weighted by Gasteiger charge is 2.35. The number of hydrogen-bond acceptors (Lipinski definition) is 5. The number of nitrogens with zero attached hydrogens (tertiary/aromatic N) is 2. The third-order valence-corrected chi connectivity index (χ3v) is 5.29. The maximum absolute atomic E-state index is 13.6. The number of fused-ring (bicyclic) bond motifs is 1. The summed E-state index contributed by atoms with van der Waals surface area (Å²) in [6, 6.07) is 11.8. The maximum Gasteiger partial charge on any atom is 0.420 e. The predicted molar refractivity (Wildman–Crippen MR) is 123 cm³/mol. The van der Waals surface area contributed by atoms with Crippen molar-refractivity contribution in [1.29, 1.82) is 0 Å². The molecule has 1 aromatic heterocycles. The molecule has 10 heteroatoms. The predicted octanol–water partition coefficient (Wildman–Crippen LogP) is 6.32. The molecule has 1 amide bonds. The molecule has 1 N–H and O–H groups in total. The molecule has 4 rings (SSSR count). The first-order valence-electron chi connectivity index (χ1n) is 10.5. The van der Waals surface area contributed by atoms with E-state index in [0.717, 1.165) is 6.07 Å². The molecule has 2 heterocycles. The van der Waals surface area contributed by atoms with Crippen molar-refractivity contribution in [3.05, 3.63) is 70.9 Å². The van der Waals surface area contributed by atoms with Crippen LogP contribution in [0.4, 0.5) is 30.4 Å². The van der Waals surface area contributed by atoms with Gasteiger partial charge in [-0.25, -0.2) is 4.98 Å². The van der Waals surface area contributed by atoms with Crippen LogP contribution in [0, 0.1) is 0 Å². The molecule has 0 unspecified atom stereocenters. The summed E-state index contributed by atoms with van der Waals surface area (Å²) in [6.45, 7) is 4.00. The summed E-state index contributed by atoms with van der Waals surface area (Å²) in [7, 11) is 0. The standard InChI is InChI=1S/C24H21ClF3N3O3/c1-14(2)34-20-9-8-15(13-17(20)24(26,27)28)30-23(32)16-5-3-7-19-21(16)33-12-11-31(19)22-18(25)6-4-10-29-22/h3-10,13-14H,11-12H2,1-2H3,(H,30,32). The first-order chi connectivity index (χ1) is 16.1. The maximum atomic E-state index is 13.6. The fourth-order valence-electron chi connectivity index (χ4n) is 3.61. The molecule has 0 aliphatic carbocycles. The quantitative estimate of drug-likeness (QED) is 0.452. The Labute approximate surface area is 199 Å². The number of alkyl halides is 3. The number of ether oxygens (including phenoxy) is 2. The van der Waals surface area contributed by atoms with Crippen LogP contribution in [0.3, 0.4) is 0 Å². The molecule has 0 saturated heterocycles. The average molecular weight is 492 g/mol. The van der Waals surface area contributed by atoms with Crippen LogP contribution in [0.5, 0.6) is 11.5 Å². The molecule has 2 aromatic carbocycles. The number of nitrogens with one attached hydrogen (secondary N) is 1. The van der Waals surface area contributed by atoms with Crippen LogP contribution in [0.15, 0.2) is 54.7 Å². The van der Waals surface area contributed by atoms with Crippen LogP contribution in [-0.2, 0) is 6.18 Å². The lowest BCUT2D eigenvalue weighted by Crippen LogP contribution is -2.30. The lowest BCUT2D eigenvalue weighted by molar-refractivity contribution is -0.139. The summed E-state index contributed by atoms with van der Waals surface area (Å²) in [6.07, 6.45) is -3.48. The Morgan fingerprint density at radius 3 is 2.71 bits per heavy atom. The van der Waals surface area contributed by atoms with Gasteiger partial charge in [0.05, 0.1) is 34.5 Å². The molecule has 6 nitrogen and oxygen atoms in total. The van der Waals surface area contributed by atoms with Gasteiger partial charge in [0.2, 0.25) is 0 Å². The van der Waals surface area contributed by atoms with Gasteiger partial charge in [-0.05, 0) is 56.3 Å². The van der Waals surface area contributed by atoms with E-state index in [-0.39, 0.29) is 23.6 Å². The highest BCUT2D eigenvalue weighted by molar-refractivity contribution is 6.33. The van der Waals surface area contributed by atoms with Gasteiger partial charge < -0.3 is 19.7 Å². The number of para-hydroxylation sites is 1. The summed E-state index contributed by atoms with van der Waals surface area (Å²) in [5, 5.41) is 2.97. The average Bonchev–Trinajstić information content (AvgIpc) is 2.78. The Bertz CT molecular complexity index is 1220. The number of halogens is 4. The van der Waals surface area contributed by atoms with Crippen molar-refractivity contribution in [1.82, 2.24) is 4.98 Å². The normalized spacial score (nSPS) is 13.3. The van der Waals surface area contributed by atoms with Crippen LogP contribution in [-0.4, -0.2) is 30.1 Å². The Kier molecular flexibility index (Phi) is 6.56. The minimum Gasteiger partial charge on any atom is -0.490 e. The van der Waals surface area contributed by atoms with Gasteiger partial charge in [0.15, 0.2) is 11.6 Å². The summed E-state index contributed by atoms with van der Waals surface area (Å²) < 4.78 is 51.8. The fourth-order valence-corrected chi connectivity index (χ4v) is 3.83. The second-order valence-corrected chi connectivity index (χ2v) is 8.20. The van der Waals surface area contributed by atoms with E-state index < -0.39 is 23.8 Å². The minimum atomic E-state index is -4.65. The van der Waals surface area contributed by atoms with Crippen molar-refractivity contribution in [2.75, 3.05) is 23.4 Å². The molecule has 34 heavy (non-hydrogen) atoms. The van der Waals surface area contributed by atoms with E-state index in [9.17, 15) is 18.0 Å². The highest BCUT2D eigenvalue weighted by atomic mass is 35.5. The SMILES string of the molecule is CC(C)Oc1ccc(NC(=O)c2cccc3c2OCCN3c2ncccc2Cl)cc1C(F)(F)F. The van der Waals surface area contributed by atoms with Gasteiger partial charge in [-0.3, -0.25) is 4.79 Å². The zero-order chi connectivity index (χ0) is 24.5. The zero-order valence-electron chi connectivity index (χ0n) is 18.3. The Morgan fingerprint density at radius 1 is 1.21 bits per heavy atom. The van der Waals surface area contributed by atoms with Crippen molar-refractivity contribution < 1.29 is 27.4 Å². The molecule has 0 atom stereocenters. The van der Waals surface area contributed by atoms with E-state index >= 15 is 0 Å². The Balaban J connectivity index is 1.65. The molecule has 3 aromatic rings. The van der Waals surface area contributed by atoms with Crippen LogP contribution in [0.2, 0.25) is 5.02 Å². The van der Waals surface area contributed by atoms with Crippen molar-refractivity contribution in [2.45, 2.75) is 26.1 Å². The molecule has 178 valence electrons. The van der Waals surface area contributed by atoms with Gasteiger partial charge in [0, 0.05) is 11.9 Å². The minimum absolute atomic E-state index is 0.0218. The molecule has 0 radical (unpaired) electrons. The van der Waals surface area contributed by atoms with Gasteiger partial charge in [-0.15, -0.1) is 0 Å². The molecular weight excluding hydrogens is 471 g/mol.